The van der Waals surface area contributed by atoms with Crippen molar-refractivity contribution in [2.24, 2.45) is 0 Å². The molecule has 96 valence electrons. The number of carboxylic acid groups (broad SMARTS) is 1. The lowest BCUT2D eigenvalue weighted by molar-refractivity contribution is -0.132. The van der Waals surface area contributed by atoms with Crippen molar-refractivity contribution >= 4 is 43.7 Å². The Morgan fingerprint density at radius 2 is 1.72 bits per heavy atom. The lowest BCUT2D eigenvalue weighted by atomic mass is 10.1. The summed E-state index contributed by atoms with van der Waals surface area (Å²) >= 11 is 5.75. The lowest BCUT2D eigenvalue weighted by Crippen LogP contribution is -2.26. The molecule has 1 rings (SSSR count). The topological polar surface area (TPSA) is 66.4 Å². The van der Waals surface area contributed by atoms with Crippen LogP contribution in [0.4, 0.5) is 0 Å². The number of amides is 1. The van der Waals surface area contributed by atoms with Gasteiger partial charge in [-0.2, -0.15) is 0 Å². The fraction of sp³-hybridized carbons (Fsp3) is 0.167. The molecule has 1 amide bonds. The Hall–Kier alpha value is -1.14. The molecule has 4 nitrogen and oxygen atoms in total. The van der Waals surface area contributed by atoms with Gasteiger partial charge in [-0.15, -0.1) is 0 Å². The molecule has 0 atom stereocenters. The number of carbonyl (C=O) groups is 2. The molecular weight excluding hydrogens is 366 g/mol. The molecule has 0 radical (unpaired) electrons. The number of hydrogen-bond acceptors (Lipinski definition) is 2. The Bertz CT molecular complexity index is 471. The zero-order valence-electron chi connectivity index (χ0n) is 9.32. The molecule has 0 bridgehead atoms. The molecule has 0 saturated heterocycles. The Kier molecular flexibility index (Phi) is 6.07. The Morgan fingerprint density at radius 3 is 2.28 bits per heavy atom. The normalized spacial score (nSPS) is 11.7. The Labute approximate surface area is 121 Å². The number of nitrogens with one attached hydrogen (secondary N) is 1. The van der Waals surface area contributed by atoms with Crippen molar-refractivity contribution < 1.29 is 14.7 Å². The van der Waals surface area contributed by atoms with Crippen LogP contribution in [0.1, 0.15) is 5.56 Å². The van der Waals surface area contributed by atoms with E-state index in [0.29, 0.717) is 13.0 Å². The van der Waals surface area contributed by atoms with E-state index in [9.17, 15) is 9.59 Å². The third kappa shape index (κ3) is 4.62. The zero-order valence-corrected chi connectivity index (χ0v) is 12.5. The Balaban J connectivity index is 2.48. The van der Waals surface area contributed by atoms with E-state index in [1.54, 1.807) is 0 Å². The maximum atomic E-state index is 11.6. The van der Waals surface area contributed by atoms with Crippen molar-refractivity contribution in [3.63, 3.8) is 0 Å². The monoisotopic (exact) mass is 375 g/mol. The molecule has 0 saturated carbocycles. The quantitative estimate of drug-likeness (QED) is 0.775. The molecule has 0 heterocycles. The van der Waals surface area contributed by atoms with Crippen LogP contribution in [0, 0.1) is 0 Å². The van der Waals surface area contributed by atoms with Crippen molar-refractivity contribution in [2.75, 3.05) is 6.54 Å². The van der Waals surface area contributed by atoms with E-state index in [4.69, 9.17) is 5.11 Å². The predicted octanol–water partition coefficient (Wildman–Crippen LogP) is 2.43. The summed E-state index contributed by atoms with van der Waals surface area (Å²) in [6, 6.07) is 9.70. The van der Waals surface area contributed by atoms with Gasteiger partial charge in [0.1, 0.15) is 8.96 Å². The predicted molar refractivity (Wildman–Crippen MR) is 75.7 cm³/mol. The van der Waals surface area contributed by atoms with Gasteiger partial charge < -0.3 is 10.4 Å². The van der Waals surface area contributed by atoms with Crippen LogP contribution in [0.2, 0.25) is 0 Å². The first-order valence-electron chi connectivity index (χ1n) is 5.13. The second-order valence-corrected chi connectivity index (χ2v) is 5.01. The molecule has 0 aliphatic carbocycles. The summed E-state index contributed by atoms with van der Waals surface area (Å²) in [5.74, 6) is -1.65. The van der Waals surface area contributed by atoms with E-state index < -0.39 is 11.9 Å². The minimum atomic E-state index is -1.19. The van der Waals surface area contributed by atoms with Crippen molar-refractivity contribution in [1.82, 2.24) is 5.32 Å². The largest absolute Gasteiger partial charge is 0.477 e. The van der Waals surface area contributed by atoms with Gasteiger partial charge in [-0.05, 0) is 43.8 Å². The van der Waals surface area contributed by atoms with Crippen LogP contribution in [-0.2, 0) is 16.0 Å². The summed E-state index contributed by atoms with van der Waals surface area (Å²) in [6.45, 7) is 0.442. The van der Waals surface area contributed by atoms with Crippen LogP contribution in [0.15, 0.2) is 39.3 Å². The van der Waals surface area contributed by atoms with E-state index >= 15 is 0 Å². The average Bonchev–Trinajstić information content (AvgIpc) is 2.38. The summed E-state index contributed by atoms with van der Waals surface area (Å²) in [6.07, 6.45) is 0.692. The van der Waals surface area contributed by atoms with Crippen LogP contribution < -0.4 is 5.32 Å². The van der Waals surface area contributed by atoms with Crippen molar-refractivity contribution in [3.8, 4) is 0 Å². The number of carboxylic acids is 1. The van der Waals surface area contributed by atoms with Gasteiger partial charge in [-0.25, -0.2) is 4.79 Å². The van der Waals surface area contributed by atoms with Gasteiger partial charge in [-0.1, -0.05) is 30.3 Å². The van der Waals surface area contributed by atoms with Crippen molar-refractivity contribution in [3.05, 3.63) is 44.9 Å². The summed E-state index contributed by atoms with van der Waals surface area (Å²) in [5.41, 5.74) is 1.11. The van der Waals surface area contributed by atoms with E-state index in [2.05, 4.69) is 37.2 Å². The van der Waals surface area contributed by atoms with Crippen LogP contribution in [0.25, 0.3) is 0 Å². The van der Waals surface area contributed by atoms with Crippen LogP contribution in [-0.4, -0.2) is 23.5 Å². The van der Waals surface area contributed by atoms with Crippen molar-refractivity contribution in [1.29, 1.82) is 0 Å². The van der Waals surface area contributed by atoms with Crippen molar-refractivity contribution in [2.45, 2.75) is 6.42 Å². The fourth-order valence-electron chi connectivity index (χ4n) is 1.24. The number of halogens is 2. The van der Waals surface area contributed by atoms with Gasteiger partial charge >= 0.3 is 5.97 Å². The molecular formula is C12H11Br2NO3. The van der Waals surface area contributed by atoms with E-state index in [0.717, 1.165) is 5.56 Å². The number of hydrogen-bond donors (Lipinski definition) is 2. The highest BCUT2D eigenvalue weighted by molar-refractivity contribution is 9.14. The van der Waals surface area contributed by atoms with E-state index in [1.165, 1.54) is 0 Å². The molecule has 1 aromatic rings. The minimum absolute atomic E-state index is 0.0249. The molecule has 2 N–H and O–H groups in total. The molecule has 0 unspecified atom stereocenters. The second-order valence-electron chi connectivity index (χ2n) is 3.42. The molecule has 0 aliphatic rings. The van der Waals surface area contributed by atoms with Crippen LogP contribution in [0.5, 0.6) is 0 Å². The minimum Gasteiger partial charge on any atom is -0.477 e. The zero-order chi connectivity index (χ0) is 13.5. The maximum absolute atomic E-state index is 11.6. The smallest absolute Gasteiger partial charge is 0.344 e. The van der Waals surface area contributed by atoms with Gasteiger partial charge in [0.05, 0.1) is 0 Å². The first-order chi connectivity index (χ1) is 8.52. The van der Waals surface area contributed by atoms with Gasteiger partial charge in [0.25, 0.3) is 5.91 Å². The summed E-state index contributed by atoms with van der Waals surface area (Å²) in [5, 5.41) is 11.3. The van der Waals surface area contributed by atoms with Gasteiger partial charge in [0.15, 0.2) is 0 Å². The Morgan fingerprint density at radius 1 is 1.11 bits per heavy atom. The number of carbonyl (C=O) groups excluding carboxylic acids is 1. The van der Waals surface area contributed by atoms with E-state index in [-0.39, 0.29) is 8.96 Å². The van der Waals surface area contributed by atoms with Gasteiger partial charge in [0, 0.05) is 6.54 Å². The second kappa shape index (κ2) is 7.33. The molecule has 0 aromatic heterocycles. The van der Waals surface area contributed by atoms with Gasteiger partial charge in [-0.3, -0.25) is 4.79 Å². The molecule has 6 heteroatoms. The first-order valence-corrected chi connectivity index (χ1v) is 6.71. The summed E-state index contributed by atoms with van der Waals surface area (Å²) in [4.78, 5) is 22.2. The molecule has 0 aliphatic heterocycles. The third-order valence-corrected chi connectivity index (χ3v) is 4.15. The molecule has 1 aromatic carbocycles. The molecule has 0 spiro atoms. The lowest BCUT2D eigenvalue weighted by Gasteiger charge is -2.05. The number of rotatable bonds is 5. The third-order valence-electron chi connectivity index (χ3n) is 2.12. The number of aliphatic carboxylic acids is 1. The fourth-order valence-corrected chi connectivity index (χ4v) is 1.73. The maximum Gasteiger partial charge on any atom is 0.344 e. The standard InChI is InChI=1S/C12H11Br2NO3/c13-9(10(14)12(17)18)11(16)15-7-6-8-4-2-1-3-5-8/h1-5H,6-7H2,(H,15,16)(H,17,18)/b10-9-. The SMILES string of the molecule is O=C(O)/C(Br)=C(/Br)C(=O)NCCc1ccccc1. The highest BCUT2D eigenvalue weighted by Crippen LogP contribution is 2.18. The number of benzene rings is 1. The molecule has 0 fully saturated rings. The summed E-state index contributed by atoms with van der Waals surface area (Å²) < 4.78 is -0.220. The highest BCUT2D eigenvalue weighted by Gasteiger charge is 2.15. The van der Waals surface area contributed by atoms with Crippen LogP contribution >= 0.6 is 31.9 Å². The van der Waals surface area contributed by atoms with Crippen LogP contribution in [0.3, 0.4) is 0 Å². The summed E-state index contributed by atoms with van der Waals surface area (Å²) in [7, 11) is 0. The highest BCUT2D eigenvalue weighted by atomic mass is 79.9. The first kappa shape index (κ1) is 14.9. The van der Waals surface area contributed by atoms with Gasteiger partial charge in [0.2, 0.25) is 0 Å². The average molecular weight is 377 g/mol. The van der Waals surface area contributed by atoms with E-state index in [1.807, 2.05) is 30.3 Å². The molecule has 18 heavy (non-hydrogen) atoms.